The van der Waals surface area contributed by atoms with Crippen LogP contribution in [0.5, 0.6) is 5.75 Å². The van der Waals surface area contributed by atoms with Crippen LogP contribution in [-0.2, 0) is 19.3 Å². The van der Waals surface area contributed by atoms with Crippen LogP contribution in [0.25, 0.3) is 0 Å². The monoisotopic (exact) mass is 355 g/mol. The topological polar surface area (TPSA) is 12.5 Å². The molecule has 0 atom stereocenters. The fraction of sp³-hybridized carbons (Fsp3) is 0.280. The van der Waals surface area contributed by atoms with E-state index in [0.29, 0.717) is 0 Å². The molecule has 2 nitrogen and oxygen atoms in total. The minimum atomic E-state index is 0.806. The minimum Gasteiger partial charge on any atom is -0.491 e. The number of ether oxygens (including phenoxy) is 1. The second-order valence-electron chi connectivity index (χ2n) is 7.61. The highest BCUT2D eigenvalue weighted by molar-refractivity contribution is 5.84. The van der Waals surface area contributed by atoms with Gasteiger partial charge in [0, 0.05) is 11.4 Å². The first kappa shape index (κ1) is 16.4. The minimum absolute atomic E-state index is 0.806. The van der Waals surface area contributed by atoms with Crippen LogP contribution in [-0.4, -0.2) is 6.61 Å². The van der Waals surface area contributed by atoms with E-state index >= 15 is 0 Å². The Morgan fingerprint density at radius 3 is 2.07 bits per heavy atom. The lowest BCUT2D eigenvalue weighted by molar-refractivity contribution is 0.289. The predicted molar refractivity (Wildman–Crippen MR) is 112 cm³/mol. The molecule has 0 N–H and O–H groups in total. The lowest BCUT2D eigenvalue weighted by atomic mass is 9.94. The summed E-state index contributed by atoms with van der Waals surface area (Å²) in [6.45, 7) is 3.01. The standard InChI is InChI=1S/C25H25NO/c1-18-15-16-24(25-21(18)12-7-17-27-25)26-22-13-4-2-8-19(22)10-6-11-20-9-3-5-14-23(20)26/h2-5,8-9,13-16H,6-7,10-12,17H2,1H3. The number of hydrogen-bond donors (Lipinski definition) is 0. The molecule has 2 heterocycles. The maximum absolute atomic E-state index is 6.25. The molecular weight excluding hydrogens is 330 g/mol. The summed E-state index contributed by atoms with van der Waals surface area (Å²) in [6.07, 6.45) is 5.60. The van der Waals surface area contributed by atoms with Crippen molar-refractivity contribution in [1.82, 2.24) is 0 Å². The summed E-state index contributed by atoms with van der Waals surface area (Å²) in [5, 5.41) is 0. The molecule has 0 saturated heterocycles. The zero-order chi connectivity index (χ0) is 18.2. The Morgan fingerprint density at radius 1 is 0.704 bits per heavy atom. The smallest absolute Gasteiger partial charge is 0.146 e. The van der Waals surface area contributed by atoms with Crippen molar-refractivity contribution in [2.75, 3.05) is 11.5 Å². The Morgan fingerprint density at radius 2 is 1.37 bits per heavy atom. The third-order valence-electron chi connectivity index (χ3n) is 5.89. The molecule has 0 bridgehead atoms. The van der Waals surface area contributed by atoms with Crippen molar-refractivity contribution in [2.24, 2.45) is 0 Å². The average Bonchev–Trinajstić information content (AvgIpc) is 2.70. The molecule has 5 rings (SSSR count). The van der Waals surface area contributed by atoms with Gasteiger partial charge < -0.3 is 9.64 Å². The van der Waals surface area contributed by atoms with Crippen molar-refractivity contribution in [3.8, 4) is 5.75 Å². The van der Waals surface area contributed by atoms with Gasteiger partial charge in [-0.1, -0.05) is 42.5 Å². The molecule has 0 spiro atoms. The summed E-state index contributed by atoms with van der Waals surface area (Å²) in [5.41, 5.74) is 9.28. The lowest BCUT2D eigenvalue weighted by Gasteiger charge is -2.34. The molecule has 2 heteroatoms. The highest BCUT2D eigenvalue weighted by Crippen LogP contribution is 2.47. The van der Waals surface area contributed by atoms with Crippen molar-refractivity contribution in [3.05, 3.63) is 82.9 Å². The van der Waals surface area contributed by atoms with Gasteiger partial charge in [0.2, 0.25) is 0 Å². The molecule has 0 fully saturated rings. The van der Waals surface area contributed by atoms with Crippen LogP contribution >= 0.6 is 0 Å². The van der Waals surface area contributed by atoms with Crippen LogP contribution in [0.4, 0.5) is 17.1 Å². The Kier molecular flexibility index (Phi) is 4.12. The average molecular weight is 355 g/mol. The van der Waals surface area contributed by atoms with E-state index in [0.717, 1.165) is 38.0 Å². The zero-order valence-electron chi connectivity index (χ0n) is 15.9. The van der Waals surface area contributed by atoms with Gasteiger partial charge in [0.25, 0.3) is 0 Å². The van der Waals surface area contributed by atoms with E-state index in [4.69, 9.17) is 4.74 Å². The summed E-state index contributed by atoms with van der Waals surface area (Å²) in [7, 11) is 0. The maximum Gasteiger partial charge on any atom is 0.146 e. The van der Waals surface area contributed by atoms with Crippen LogP contribution in [0, 0.1) is 6.92 Å². The molecule has 0 aliphatic carbocycles. The quantitative estimate of drug-likeness (QED) is 0.509. The largest absolute Gasteiger partial charge is 0.491 e. The van der Waals surface area contributed by atoms with E-state index in [2.05, 4.69) is 72.5 Å². The summed E-state index contributed by atoms with van der Waals surface area (Å²) in [6, 6.07) is 22.2. The third kappa shape index (κ3) is 2.80. The number of aryl methyl sites for hydroxylation is 3. The molecule has 27 heavy (non-hydrogen) atoms. The molecule has 3 aromatic rings. The van der Waals surface area contributed by atoms with Crippen LogP contribution in [0.2, 0.25) is 0 Å². The normalized spacial score (nSPS) is 15.7. The zero-order valence-corrected chi connectivity index (χ0v) is 15.9. The second kappa shape index (κ2) is 6.77. The molecule has 0 amide bonds. The van der Waals surface area contributed by atoms with E-state index in [-0.39, 0.29) is 0 Å². The number of para-hydroxylation sites is 2. The highest BCUT2D eigenvalue weighted by Gasteiger charge is 2.26. The molecule has 0 unspecified atom stereocenters. The van der Waals surface area contributed by atoms with E-state index in [1.165, 1.54) is 45.7 Å². The van der Waals surface area contributed by atoms with Gasteiger partial charge >= 0.3 is 0 Å². The molecular formula is C25H25NO. The van der Waals surface area contributed by atoms with Gasteiger partial charge in [-0.25, -0.2) is 0 Å². The molecule has 0 saturated carbocycles. The molecule has 0 radical (unpaired) electrons. The Hall–Kier alpha value is -2.74. The molecule has 0 aromatic heterocycles. The maximum atomic E-state index is 6.25. The van der Waals surface area contributed by atoms with Crippen LogP contribution < -0.4 is 9.64 Å². The van der Waals surface area contributed by atoms with Gasteiger partial charge in [0.05, 0.1) is 12.3 Å². The predicted octanol–water partition coefficient (Wildman–Crippen LogP) is 6.28. The van der Waals surface area contributed by atoms with E-state index < -0.39 is 0 Å². The van der Waals surface area contributed by atoms with Crippen LogP contribution in [0.15, 0.2) is 60.7 Å². The number of fused-ring (bicyclic) bond motifs is 3. The summed E-state index contributed by atoms with van der Waals surface area (Å²) < 4.78 is 6.25. The van der Waals surface area contributed by atoms with E-state index in [9.17, 15) is 0 Å². The van der Waals surface area contributed by atoms with Crippen molar-refractivity contribution >= 4 is 17.1 Å². The number of rotatable bonds is 1. The molecule has 2 aliphatic rings. The van der Waals surface area contributed by atoms with Gasteiger partial charge in [-0.3, -0.25) is 0 Å². The van der Waals surface area contributed by atoms with Crippen molar-refractivity contribution in [1.29, 1.82) is 0 Å². The summed E-state index contributed by atoms with van der Waals surface area (Å²) >= 11 is 0. The highest BCUT2D eigenvalue weighted by atomic mass is 16.5. The van der Waals surface area contributed by atoms with Crippen LogP contribution in [0.1, 0.15) is 35.1 Å². The molecule has 136 valence electrons. The lowest BCUT2D eigenvalue weighted by Crippen LogP contribution is -2.19. The van der Waals surface area contributed by atoms with Gasteiger partial charge in [0.15, 0.2) is 0 Å². The summed E-state index contributed by atoms with van der Waals surface area (Å²) in [5.74, 6) is 1.08. The fourth-order valence-electron chi connectivity index (χ4n) is 4.52. The van der Waals surface area contributed by atoms with Gasteiger partial charge in [-0.15, -0.1) is 0 Å². The Bertz CT molecular complexity index is 944. The van der Waals surface area contributed by atoms with Crippen molar-refractivity contribution in [2.45, 2.75) is 39.0 Å². The fourth-order valence-corrected chi connectivity index (χ4v) is 4.52. The van der Waals surface area contributed by atoms with Crippen molar-refractivity contribution in [3.63, 3.8) is 0 Å². The molecule has 2 aliphatic heterocycles. The van der Waals surface area contributed by atoms with Crippen molar-refractivity contribution < 1.29 is 4.74 Å². The first-order valence-electron chi connectivity index (χ1n) is 10.0. The first-order chi connectivity index (χ1) is 13.3. The van der Waals surface area contributed by atoms with E-state index in [1.54, 1.807) is 0 Å². The first-order valence-corrected chi connectivity index (χ1v) is 10.0. The Labute approximate surface area is 161 Å². The Balaban J connectivity index is 1.79. The third-order valence-corrected chi connectivity index (χ3v) is 5.89. The molecule has 3 aromatic carbocycles. The number of nitrogens with zero attached hydrogens (tertiary/aromatic N) is 1. The number of benzene rings is 3. The van der Waals surface area contributed by atoms with E-state index in [1.807, 2.05) is 0 Å². The van der Waals surface area contributed by atoms with Gasteiger partial charge in [-0.05, 0) is 79.5 Å². The van der Waals surface area contributed by atoms with Crippen LogP contribution in [0.3, 0.4) is 0 Å². The second-order valence-corrected chi connectivity index (χ2v) is 7.61. The number of hydrogen-bond acceptors (Lipinski definition) is 2. The summed E-state index contributed by atoms with van der Waals surface area (Å²) in [4.78, 5) is 2.44. The van der Waals surface area contributed by atoms with Gasteiger partial charge in [-0.2, -0.15) is 0 Å². The van der Waals surface area contributed by atoms with Gasteiger partial charge in [0.1, 0.15) is 5.75 Å². The SMILES string of the molecule is Cc1ccc(N2c3ccccc3CCCc3ccccc32)c2c1CCCO2. The number of anilines is 3.